The number of aliphatic hydroxyl groups excluding tert-OH is 1. The molecule has 2 unspecified atom stereocenters. The van der Waals surface area contributed by atoms with E-state index in [4.69, 9.17) is 10.5 Å². The predicted octanol–water partition coefficient (Wildman–Crippen LogP) is 3.78. The Labute approximate surface area is 149 Å². The molecule has 0 saturated carbocycles. The zero-order valence-corrected chi connectivity index (χ0v) is 14.7. The summed E-state index contributed by atoms with van der Waals surface area (Å²) in [5.41, 5.74) is 7.33. The molecule has 0 aliphatic rings. The SMILES string of the molecule is CCCCCC(O)C(C(N)=O)c1ccc(OCc2ccccc2)cc1. The number of primary amides is 1. The fourth-order valence-electron chi connectivity index (χ4n) is 2.86. The molecule has 1 amide bonds. The van der Waals surface area contributed by atoms with Crippen molar-refractivity contribution >= 4 is 5.91 Å². The lowest BCUT2D eigenvalue weighted by molar-refractivity contribution is -0.122. The minimum absolute atomic E-state index is 0.485. The summed E-state index contributed by atoms with van der Waals surface area (Å²) < 4.78 is 5.75. The highest BCUT2D eigenvalue weighted by atomic mass is 16.5. The van der Waals surface area contributed by atoms with Gasteiger partial charge in [0.1, 0.15) is 12.4 Å². The molecule has 0 aliphatic heterocycles. The van der Waals surface area contributed by atoms with Crippen LogP contribution in [-0.2, 0) is 11.4 Å². The largest absolute Gasteiger partial charge is 0.489 e. The van der Waals surface area contributed by atoms with Gasteiger partial charge in [-0.15, -0.1) is 0 Å². The number of nitrogens with two attached hydrogens (primary N) is 1. The molecular weight excluding hydrogens is 314 g/mol. The third-order valence-corrected chi connectivity index (χ3v) is 4.28. The molecule has 2 aromatic carbocycles. The molecule has 0 bridgehead atoms. The van der Waals surface area contributed by atoms with E-state index in [1.165, 1.54) is 0 Å². The van der Waals surface area contributed by atoms with Gasteiger partial charge < -0.3 is 15.6 Å². The Morgan fingerprint density at radius 3 is 2.36 bits per heavy atom. The topological polar surface area (TPSA) is 72.5 Å². The van der Waals surface area contributed by atoms with E-state index in [1.54, 1.807) is 12.1 Å². The molecule has 2 rings (SSSR count). The summed E-state index contributed by atoms with van der Waals surface area (Å²) in [5.74, 6) is -0.460. The van der Waals surface area contributed by atoms with E-state index in [-0.39, 0.29) is 0 Å². The Morgan fingerprint density at radius 1 is 1.08 bits per heavy atom. The van der Waals surface area contributed by atoms with Crippen LogP contribution >= 0.6 is 0 Å². The zero-order chi connectivity index (χ0) is 18.1. The fraction of sp³-hybridized carbons (Fsp3) is 0.381. The second-order valence-corrected chi connectivity index (χ2v) is 6.29. The highest BCUT2D eigenvalue weighted by Crippen LogP contribution is 2.25. The number of unbranched alkanes of at least 4 members (excludes halogenated alkanes) is 2. The molecule has 0 aliphatic carbocycles. The number of carbonyl (C=O) groups is 1. The van der Waals surface area contributed by atoms with Crippen LogP contribution in [0.25, 0.3) is 0 Å². The van der Waals surface area contributed by atoms with Crippen molar-refractivity contribution in [3.05, 3.63) is 65.7 Å². The number of aliphatic hydroxyl groups is 1. The summed E-state index contributed by atoms with van der Waals surface area (Å²) in [7, 11) is 0. The minimum atomic E-state index is -0.750. The summed E-state index contributed by atoms with van der Waals surface area (Å²) in [6.07, 6.45) is 2.82. The first-order valence-corrected chi connectivity index (χ1v) is 8.86. The monoisotopic (exact) mass is 341 g/mol. The van der Waals surface area contributed by atoms with Crippen molar-refractivity contribution < 1.29 is 14.6 Å². The molecule has 2 aromatic rings. The second kappa shape index (κ2) is 9.84. The third-order valence-electron chi connectivity index (χ3n) is 4.28. The maximum absolute atomic E-state index is 11.8. The van der Waals surface area contributed by atoms with Crippen LogP contribution in [-0.4, -0.2) is 17.1 Å². The van der Waals surface area contributed by atoms with Crippen molar-refractivity contribution in [2.45, 2.75) is 51.2 Å². The van der Waals surface area contributed by atoms with Crippen molar-refractivity contribution in [3.8, 4) is 5.75 Å². The van der Waals surface area contributed by atoms with Gasteiger partial charge >= 0.3 is 0 Å². The van der Waals surface area contributed by atoms with Gasteiger partial charge in [-0.3, -0.25) is 4.79 Å². The molecule has 0 spiro atoms. The first kappa shape index (κ1) is 19.0. The lowest BCUT2D eigenvalue weighted by Gasteiger charge is -2.20. The lowest BCUT2D eigenvalue weighted by Crippen LogP contribution is -2.31. The van der Waals surface area contributed by atoms with E-state index in [2.05, 4.69) is 6.92 Å². The molecule has 0 fully saturated rings. The highest BCUT2D eigenvalue weighted by Gasteiger charge is 2.26. The molecule has 134 valence electrons. The summed E-state index contributed by atoms with van der Waals surface area (Å²) in [4.78, 5) is 11.8. The van der Waals surface area contributed by atoms with Crippen LogP contribution in [0.2, 0.25) is 0 Å². The van der Waals surface area contributed by atoms with Gasteiger partial charge in [-0.2, -0.15) is 0 Å². The quantitative estimate of drug-likeness (QED) is 0.646. The van der Waals surface area contributed by atoms with E-state index < -0.39 is 17.9 Å². The van der Waals surface area contributed by atoms with Gasteiger partial charge in [-0.05, 0) is 29.7 Å². The van der Waals surface area contributed by atoms with Crippen LogP contribution in [0.5, 0.6) is 5.75 Å². The average Bonchev–Trinajstić information content (AvgIpc) is 2.62. The molecule has 0 saturated heterocycles. The van der Waals surface area contributed by atoms with Crippen LogP contribution in [0, 0.1) is 0 Å². The molecule has 0 aromatic heterocycles. The van der Waals surface area contributed by atoms with E-state index in [1.807, 2.05) is 42.5 Å². The van der Waals surface area contributed by atoms with E-state index in [9.17, 15) is 9.90 Å². The van der Waals surface area contributed by atoms with Crippen LogP contribution in [0.15, 0.2) is 54.6 Å². The Morgan fingerprint density at radius 2 is 1.76 bits per heavy atom. The van der Waals surface area contributed by atoms with Crippen LogP contribution in [0.1, 0.15) is 49.7 Å². The van der Waals surface area contributed by atoms with Crippen molar-refractivity contribution in [2.24, 2.45) is 5.73 Å². The summed E-state index contributed by atoms with van der Waals surface area (Å²) in [6.45, 7) is 2.59. The molecule has 0 heterocycles. The number of hydrogen-bond donors (Lipinski definition) is 2. The Kier molecular flexibility index (Phi) is 7.48. The molecule has 3 N–H and O–H groups in total. The summed E-state index contributed by atoms with van der Waals surface area (Å²) >= 11 is 0. The summed E-state index contributed by atoms with van der Waals surface area (Å²) in [5, 5.41) is 10.3. The fourth-order valence-corrected chi connectivity index (χ4v) is 2.86. The average molecular weight is 341 g/mol. The van der Waals surface area contributed by atoms with Crippen molar-refractivity contribution in [1.82, 2.24) is 0 Å². The van der Waals surface area contributed by atoms with Gasteiger partial charge in [-0.1, -0.05) is 68.7 Å². The maximum Gasteiger partial charge on any atom is 0.227 e. The van der Waals surface area contributed by atoms with Crippen LogP contribution < -0.4 is 10.5 Å². The number of rotatable bonds is 10. The number of carbonyl (C=O) groups excluding carboxylic acids is 1. The number of amides is 1. The number of benzene rings is 2. The van der Waals surface area contributed by atoms with E-state index in [0.717, 1.165) is 36.1 Å². The first-order chi connectivity index (χ1) is 12.1. The van der Waals surface area contributed by atoms with Crippen molar-refractivity contribution in [3.63, 3.8) is 0 Å². The Balaban J connectivity index is 1.98. The van der Waals surface area contributed by atoms with Gasteiger partial charge in [0, 0.05) is 0 Å². The van der Waals surface area contributed by atoms with Crippen molar-refractivity contribution in [1.29, 1.82) is 0 Å². The summed E-state index contributed by atoms with van der Waals surface area (Å²) in [6, 6.07) is 17.2. The van der Waals surface area contributed by atoms with Gasteiger partial charge in [0.25, 0.3) is 0 Å². The smallest absolute Gasteiger partial charge is 0.227 e. The number of ether oxygens (including phenoxy) is 1. The Bertz CT molecular complexity index is 640. The van der Waals surface area contributed by atoms with Gasteiger partial charge in [0.05, 0.1) is 12.0 Å². The maximum atomic E-state index is 11.8. The molecular formula is C21H27NO3. The zero-order valence-electron chi connectivity index (χ0n) is 14.7. The van der Waals surface area contributed by atoms with Crippen molar-refractivity contribution in [2.75, 3.05) is 0 Å². The second-order valence-electron chi connectivity index (χ2n) is 6.29. The van der Waals surface area contributed by atoms with Gasteiger partial charge in [0.15, 0.2) is 0 Å². The van der Waals surface area contributed by atoms with E-state index in [0.29, 0.717) is 13.0 Å². The molecule has 25 heavy (non-hydrogen) atoms. The first-order valence-electron chi connectivity index (χ1n) is 8.86. The van der Waals surface area contributed by atoms with Crippen LogP contribution in [0.3, 0.4) is 0 Å². The Hall–Kier alpha value is -2.33. The van der Waals surface area contributed by atoms with Crippen LogP contribution in [0.4, 0.5) is 0 Å². The molecule has 0 radical (unpaired) electrons. The molecule has 4 nitrogen and oxygen atoms in total. The molecule has 2 atom stereocenters. The third kappa shape index (κ3) is 5.91. The van der Waals surface area contributed by atoms with Gasteiger partial charge in [0.2, 0.25) is 5.91 Å². The number of hydrogen-bond acceptors (Lipinski definition) is 3. The highest BCUT2D eigenvalue weighted by molar-refractivity contribution is 5.82. The van der Waals surface area contributed by atoms with E-state index >= 15 is 0 Å². The van der Waals surface area contributed by atoms with Gasteiger partial charge in [-0.25, -0.2) is 0 Å². The molecule has 4 heteroatoms. The normalized spacial score (nSPS) is 13.2. The predicted molar refractivity (Wildman–Crippen MR) is 99.3 cm³/mol. The lowest BCUT2D eigenvalue weighted by atomic mass is 9.89. The minimum Gasteiger partial charge on any atom is -0.489 e. The standard InChI is InChI=1S/C21H27NO3/c1-2-3-5-10-19(23)20(21(22)24)17-11-13-18(14-12-17)25-15-16-8-6-4-7-9-16/h4,6-9,11-14,19-20,23H,2-3,5,10,15H2,1H3,(H2,22,24).